The highest BCUT2D eigenvalue weighted by molar-refractivity contribution is 5.97. The SMILES string of the molecule is CC(C)CO[SiH2]. The molecule has 0 fully saturated rings. The topological polar surface area (TPSA) is 9.23 Å². The van der Waals surface area contributed by atoms with Gasteiger partial charge >= 0.3 is 0 Å². The van der Waals surface area contributed by atoms with Gasteiger partial charge in [-0.25, -0.2) is 0 Å². The first-order chi connectivity index (χ1) is 2.77. The lowest BCUT2D eigenvalue weighted by Crippen LogP contribution is -1.97. The maximum absolute atomic E-state index is 4.83. The highest BCUT2D eigenvalue weighted by Gasteiger charge is 1.85. The molecule has 0 aliphatic heterocycles. The second-order valence-corrected chi connectivity index (χ2v) is 2.17. The minimum absolute atomic E-state index is 0.683. The maximum Gasteiger partial charge on any atom is 0.174 e. The summed E-state index contributed by atoms with van der Waals surface area (Å²) in [6.45, 7) is 5.15. The van der Waals surface area contributed by atoms with Crippen molar-refractivity contribution >= 4 is 10.5 Å². The smallest absolute Gasteiger partial charge is 0.174 e. The lowest BCUT2D eigenvalue weighted by molar-refractivity contribution is 0.295. The van der Waals surface area contributed by atoms with Gasteiger partial charge in [0.25, 0.3) is 0 Å². The molecule has 0 aromatic rings. The Morgan fingerprint density at radius 3 is 2.17 bits per heavy atom. The zero-order chi connectivity index (χ0) is 4.99. The van der Waals surface area contributed by atoms with Gasteiger partial charge in [-0.1, -0.05) is 13.8 Å². The van der Waals surface area contributed by atoms with E-state index in [-0.39, 0.29) is 0 Å². The van der Waals surface area contributed by atoms with Crippen molar-refractivity contribution in [2.45, 2.75) is 13.8 Å². The van der Waals surface area contributed by atoms with Crippen LogP contribution in [0.3, 0.4) is 0 Å². The quantitative estimate of drug-likeness (QED) is 0.454. The molecule has 37 valence electrons. The van der Waals surface area contributed by atoms with E-state index in [0.717, 1.165) is 6.61 Å². The van der Waals surface area contributed by atoms with Crippen LogP contribution in [0.1, 0.15) is 13.8 Å². The van der Waals surface area contributed by atoms with E-state index < -0.39 is 0 Å². The highest BCUT2D eigenvalue weighted by Crippen LogP contribution is 1.87. The van der Waals surface area contributed by atoms with Crippen molar-refractivity contribution in [1.82, 2.24) is 0 Å². The number of rotatable bonds is 2. The Balaban J connectivity index is 2.63. The predicted octanol–water partition coefficient (Wildman–Crippen LogP) is 0.207. The van der Waals surface area contributed by atoms with E-state index in [9.17, 15) is 0 Å². The van der Waals surface area contributed by atoms with Crippen LogP contribution >= 0.6 is 0 Å². The lowest BCUT2D eigenvalue weighted by Gasteiger charge is -1.98. The molecule has 0 unspecified atom stereocenters. The summed E-state index contributed by atoms with van der Waals surface area (Å²) < 4.78 is 4.83. The molecule has 0 aliphatic rings. The second-order valence-electron chi connectivity index (χ2n) is 1.76. The molecule has 2 heteroatoms. The Hall–Kier alpha value is 0.177. The molecule has 0 N–H and O–H groups in total. The molecule has 0 saturated heterocycles. The van der Waals surface area contributed by atoms with Gasteiger partial charge in [0.1, 0.15) is 0 Å². The monoisotopic (exact) mass is 103 g/mol. The third-order valence-corrected chi connectivity index (χ3v) is 0.687. The summed E-state index contributed by atoms with van der Waals surface area (Å²) in [6, 6.07) is 0. The fourth-order valence-corrected chi connectivity index (χ4v) is 0.707. The summed E-state index contributed by atoms with van der Waals surface area (Å²) >= 11 is 0. The zero-order valence-corrected chi connectivity index (χ0v) is 5.81. The molecule has 0 amide bonds. The zero-order valence-electron chi connectivity index (χ0n) is 4.40. The van der Waals surface area contributed by atoms with Crippen LogP contribution in [-0.4, -0.2) is 17.1 Å². The van der Waals surface area contributed by atoms with Crippen LogP contribution in [0, 0.1) is 5.92 Å². The van der Waals surface area contributed by atoms with Gasteiger partial charge in [-0.3, -0.25) is 0 Å². The first kappa shape index (κ1) is 6.18. The first-order valence-electron chi connectivity index (χ1n) is 2.14. The molecular weight excluding hydrogens is 92.1 g/mol. The number of hydrogen-bond acceptors (Lipinski definition) is 1. The fraction of sp³-hybridized carbons (Fsp3) is 1.00. The van der Waals surface area contributed by atoms with Gasteiger partial charge in [-0.05, 0) is 5.92 Å². The summed E-state index contributed by atoms with van der Waals surface area (Å²) in [4.78, 5) is 0. The molecule has 0 atom stereocenters. The van der Waals surface area contributed by atoms with Crippen molar-refractivity contribution in [1.29, 1.82) is 0 Å². The van der Waals surface area contributed by atoms with E-state index in [4.69, 9.17) is 4.43 Å². The van der Waals surface area contributed by atoms with Crippen LogP contribution in [0.4, 0.5) is 0 Å². The second kappa shape index (κ2) is 3.37. The molecule has 0 rings (SSSR count). The Labute approximate surface area is 42.2 Å². The predicted molar refractivity (Wildman–Crippen MR) is 29.3 cm³/mol. The van der Waals surface area contributed by atoms with E-state index >= 15 is 0 Å². The molecule has 0 aromatic carbocycles. The fourth-order valence-electron chi connectivity index (χ4n) is 0.236. The molecule has 1 radical (unpaired) electrons. The van der Waals surface area contributed by atoms with E-state index in [0.29, 0.717) is 5.92 Å². The van der Waals surface area contributed by atoms with Crippen molar-refractivity contribution in [3.63, 3.8) is 0 Å². The van der Waals surface area contributed by atoms with Crippen molar-refractivity contribution in [2.24, 2.45) is 5.92 Å². The largest absolute Gasteiger partial charge is 0.425 e. The molecule has 0 heterocycles. The Morgan fingerprint density at radius 2 is 2.17 bits per heavy atom. The van der Waals surface area contributed by atoms with Gasteiger partial charge in [-0.15, -0.1) is 0 Å². The molecule has 0 aliphatic carbocycles. The third kappa shape index (κ3) is 4.18. The highest BCUT2D eigenvalue weighted by atomic mass is 28.2. The van der Waals surface area contributed by atoms with Gasteiger partial charge < -0.3 is 4.43 Å². The first-order valence-corrected chi connectivity index (χ1v) is 2.72. The van der Waals surface area contributed by atoms with Gasteiger partial charge in [0, 0.05) is 6.61 Å². The lowest BCUT2D eigenvalue weighted by atomic mass is 10.2. The standard InChI is InChI=1S/C4H11OSi/c1-4(2)3-5-6/h4H,3,6H2,1-2H3. The van der Waals surface area contributed by atoms with Gasteiger partial charge in [0.05, 0.1) is 0 Å². The van der Waals surface area contributed by atoms with Crippen LogP contribution in [0.15, 0.2) is 0 Å². The summed E-state index contributed by atoms with van der Waals surface area (Å²) in [6.07, 6.45) is 0. The van der Waals surface area contributed by atoms with Gasteiger partial charge in [0.15, 0.2) is 10.5 Å². The van der Waals surface area contributed by atoms with E-state index in [1.165, 1.54) is 0 Å². The average molecular weight is 103 g/mol. The van der Waals surface area contributed by atoms with Crippen molar-refractivity contribution in [2.75, 3.05) is 6.61 Å². The van der Waals surface area contributed by atoms with Crippen molar-refractivity contribution < 1.29 is 4.43 Å². The van der Waals surface area contributed by atoms with Crippen molar-refractivity contribution in [3.05, 3.63) is 0 Å². The average Bonchev–Trinajstić information content (AvgIpc) is 1.35. The molecule has 1 nitrogen and oxygen atoms in total. The van der Waals surface area contributed by atoms with Crippen LogP contribution in [-0.2, 0) is 4.43 Å². The minimum atomic E-state index is 0.683. The van der Waals surface area contributed by atoms with Crippen LogP contribution in [0.25, 0.3) is 0 Å². The van der Waals surface area contributed by atoms with E-state index in [1.54, 1.807) is 10.5 Å². The van der Waals surface area contributed by atoms with Crippen LogP contribution in [0.2, 0.25) is 0 Å². The molecule has 0 aromatic heterocycles. The summed E-state index contributed by atoms with van der Waals surface area (Å²) in [5.41, 5.74) is 0. The van der Waals surface area contributed by atoms with Gasteiger partial charge in [0.2, 0.25) is 0 Å². The Bertz CT molecular complexity index is 28.7. The third-order valence-electron chi connectivity index (χ3n) is 0.451. The Morgan fingerprint density at radius 1 is 1.67 bits per heavy atom. The molecule has 0 spiro atoms. The van der Waals surface area contributed by atoms with Gasteiger partial charge in [-0.2, -0.15) is 0 Å². The van der Waals surface area contributed by atoms with Crippen molar-refractivity contribution in [3.8, 4) is 0 Å². The molecule has 0 saturated carbocycles. The summed E-state index contributed by atoms with van der Waals surface area (Å²) in [5, 5.41) is 0. The minimum Gasteiger partial charge on any atom is -0.425 e. The van der Waals surface area contributed by atoms with Crippen LogP contribution < -0.4 is 0 Å². The Kier molecular flexibility index (Phi) is 3.47. The normalized spacial score (nSPS) is 10.0. The number of hydrogen-bond donors (Lipinski definition) is 0. The van der Waals surface area contributed by atoms with E-state index in [2.05, 4.69) is 13.8 Å². The summed E-state index contributed by atoms with van der Waals surface area (Å²) in [5.74, 6) is 0.683. The van der Waals surface area contributed by atoms with Crippen LogP contribution in [0.5, 0.6) is 0 Å². The summed E-state index contributed by atoms with van der Waals surface area (Å²) in [7, 11) is 1.56. The van der Waals surface area contributed by atoms with E-state index in [1.807, 2.05) is 0 Å². The molecule has 6 heavy (non-hydrogen) atoms. The maximum atomic E-state index is 4.83. The molecule has 0 bridgehead atoms. The molecular formula is C4H11OSi.